The fourth-order valence-corrected chi connectivity index (χ4v) is 4.08. The molecule has 1 amide bonds. The van der Waals surface area contributed by atoms with Gasteiger partial charge in [0.1, 0.15) is 16.6 Å². The first kappa shape index (κ1) is 20.4. The van der Waals surface area contributed by atoms with Gasteiger partial charge in [-0.3, -0.25) is 10.1 Å². The zero-order chi connectivity index (χ0) is 22.0. The molecule has 0 fully saturated rings. The van der Waals surface area contributed by atoms with Gasteiger partial charge in [0.05, 0.1) is 33.0 Å². The van der Waals surface area contributed by atoms with E-state index >= 15 is 0 Å². The fraction of sp³-hybridized carbons (Fsp3) is 0. The third-order valence-electron chi connectivity index (χ3n) is 4.35. The lowest BCUT2D eigenvalue weighted by atomic mass is 10.1. The van der Waals surface area contributed by atoms with Crippen molar-refractivity contribution in [3.05, 3.63) is 77.6 Å². The maximum Gasteiger partial charge on any atom is 0.260 e. The van der Waals surface area contributed by atoms with Gasteiger partial charge in [0.15, 0.2) is 5.11 Å². The van der Waals surface area contributed by atoms with Crippen LogP contribution < -0.4 is 10.6 Å². The number of hydrogen-bond acceptors (Lipinski definition) is 6. The number of amides is 1. The van der Waals surface area contributed by atoms with E-state index in [4.69, 9.17) is 17.5 Å². The predicted molar refractivity (Wildman–Crippen MR) is 122 cm³/mol. The van der Waals surface area contributed by atoms with Crippen LogP contribution in [0.25, 0.3) is 20.8 Å². The van der Waals surface area contributed by atoms with E-state index in [9.17, 15) is 14.3 Å². The third kappa shape index (κ3) is 4.35. The molecular weight excluding hydrogens is 435 g/mol. The van der Waals surface area contributed by atoms with Crippen molar-refractivity contribution in [3.63, 3.8) is 0 Å². The summed E-state index contributed by atoms with van der Waals surface area (Å²) in [6, 6.07) is 17.7. The van der Waals surface area contributed by atoms with E-state index in [1.807, 2.05) is 24.3 Å². The Labute approximate surface area is 185 Å². The second kappa shape index (κ2) is 8.47. The number of halogens is 1. The third-order valence-corrected chi connectivity index (χ3v) is 5.62. The number of nitriles is 1. The number of aromatic hydroxyl groups is 1. The van der Waals surface area contributed by atoms with Crippen LogP contribution in [0.1, 0.15) is 15.9 Å². The Hall–Kier alpha value is -3.87. The van der Waals surface area contributed by atoms with E-state index < -0.39 is 11.7 Å². The molecule has 4 rings (SSSR count). The SMILES string of the molecule is N#Cc1ccc(C(=O)NC(=S)Nc2ccc(O)c(-c3nc4ccccc4s3)c2)c(F)c1. The average Bonchev–Trinajstić information content (AvgIpc) is 3.18. The number of thiazole rings is 1. The molecule has 0 unspecified atom stereocenters. The maximum atomic E-state index is 14.0. The number of phenolic OH excluding ortho intramolecular Hbond substituents is 1. The summed E-state index contributed by atoms with van der Waals surface area (Å²) in [7, 11) is 0. The van der Waals surface area contributed by atoms with E-state index in [1.165, 1.54) is 29.5 Å². The number of aromatic nitrogens is 1. The molecule has 152 valence electrons. The van der Waals surface area contributed by atoms with E-state index in [0.717, 1.165) is 16.3 Å². The second-order valence-corrected chi connectivity index (χ2v) is 7.87. The summed E-state index contributed by atoms with van der Waals surface area (Å²) >= 11 is 6.59. The number of benzene rings is 3. The number of para-hydroxylation sites is 1. The number of fused-ring (bicyclic) bond motifs is 1. The van der Waals surface area contributed by atoms with Gasteiger partial charge in [0, 0.05) is 5.69 Å². The molecule has 0 aliphatic carbocycles. The van der Waals surface area contributed by atoms with Gasteiger partial charge in [-0.15, -0.1) is 11.3 Å². The highest BCUT2D eigenvalue weighted by atomic mass is 32.1. The molecule has 0 radical (unpaired) electrons. The Bertz CT molecular complexity index is 1340. The summed E-state index contributed by atoms with van der Waals surface area (Å²) < 4.78 is 15.0. The molecule has 1 heterocycles. The minimum atomic E-state index is -0.817. The number of thiocarbonyl (C=S) groups is 1. The summed E-state index contributed by atoms with van der Waals surface area (Å²) in [4.78, 5) is 16.8. The Balaban J connectivity index is 1.52. The Kier molecular flexibility index (Phi) is 5.58. The number of carbonyl (C=O) groups is 1. The minimum absolute atomic E-state index is 0.0466. The van der Waals surface area contributed by atoms with Gasteiger partial charge >= 0.3 is 0 Å². The lowest BCUT2D eigenvalue weighted by molar-refractivity contribution is 0.0974. The van der Waals surface area contributed by atoms with Crippen LogP contribution in [0.3, 0.4) is 0 Å². The molecule has 1 aromatic heterocycles. The van der Waals surface area contributed by atoms with Crippen molar-refractivity contribution in [2.24, 2.45) is 0 Å². The highest BCUT2D eigenvalue weighted by Crippen LogP contribution is 2.36. The first-order chi connectivity index (χ1) is 14.9. The molecule has 0 saturated carbocycles. The Morgan fingerprint density at radius 3 is 2.71 bits per heavy atom. The van der Waals surface area contributed by atoms with Gasteiger partial charge in [0.25, 0.3) is 5.91 Å². The number of hydrogen-bond donors (Lipinski definition) is 3. The number of phenols is 1. The summed E-state index contributed by atoms with van der Waals surface area (Å²) in [6.07, 6.45) is 0. The molecule has 6 nitrogen and oxygen atoms in total. The van der Waals surface area contributed by atoms with Gasteiger partial charge in [0.2, 0.25) is 0 Å². The van der Waals surface area contributed by atoms with Gasteiger partial charge in [-0.25, -0.2) is 9.37 Å². The molecule has 3 N–H and O–H groups in total. The molecular formula is C22H13FN4O2S2. The van der Waals surface area contributed by atoms with Gasteiger partial charge in [-0.05, 0) is 60.7 Å². The Morgan fingerprint density at radius 2 is 1.97 bits per heavy atom. The van der Waals surface area contributed by atoms with Crippen molar-refractivity contribution in [2.45, 2.75) is 0 Å². The van der Waals surface area contributed by atoms with Crippen LogP contribution in [0.2, 0.25) is 0 Å². The van der Waals surface area contributed by atoms with Crippen molar-refractivity contribution in [1.82, 2.24) is 10.3 Å². The molecule has 31 heavy (non-hydrogen) atoms. The lowest BCUT2D eigenvalue weighted by Gasteiger charge is -2.11. The first-order valence-electron chi connectivity index (χ1n) is 8.95. The summed E-state index contributed by atoms with van der Waals surface area (Å²) in [5.41, 5.74) is 1.73. The van der Waals surface area contributed by atoms with Gasteiger partial charge < -0.3 is 10.4 Å². The second-order valence-electron chi connectivity index (χ2n) is 6.43. The topological polar surface area (TPSA) is 98.0 Å². The quantitative estimate of drug-likeness (QED) is 0.307. The van der Waals surface area contributed by atoms with E-state index in [1.54, 1.807) is 18.2 Å². The average molecular weight is 449 g/mol. The highest BCUT2D eigenvalue weighted by molar-refractivity contribution is 7.80. The van der Waals surface area contributed by atoms with Crippen molar-refractivity contribution in [2.75, 3.05) is 5.32 Å². The van der Waals surface area contributed by atoms with Gasteiger partial charge in [-0.1, -0.05) is 12.1 Å². The molecule has 4 aromatic rings. The number of carbonyl (C=O) groups excluding carboxylic acids is 1. The van der Waals surface area contributed by atoms with Crippen LogP contribution in [0.15, 0.2) is 60.7 Å². The molecule has 0 atom stereocenters. The standard InChI is InChI=1S/C22H13FN4O2S2/c23-16-9-12(11-24)5-7-14(16)20(29)27-22(30)25-13-6-8-18(28)15(10-13)21-26-17-3-1-2-4-19(17)31-21/h1-10,28H,(H2,25,27,29,30). The van der Waals surface area contributed by atoms with Crippen LogP contribution >= 0.6 is 23.6 Å². The van der Waals surface area contributed by atoms with Crippen LogP contribution in [0, 0.1) is 17.1 Å². The molecule has 0 saturated heterocycles. The van der Waals surface area contributed by atoms with E-state index in [0.29, 0.717) is 16.3 Å². The maximum absolute atomic E-state index is 14.0. The first-order valence-corrected chi connectivity index (χ1v) is 10.2. The highest BCUT2D eigenvalue weighted by Gasteiger charge is 2.15. The van der Waals surface area contributed by atoms with Crippen LogP contribution in [-0.4, -0.2) is 21.1 Å². The van der Waals surface area contributed by atoms with Crippen molar-refractivity contribution in [1.29, 1.82) is 5.26 Å². The van der Waals surface area contributed by atoms with Crippen LogP contribution in [0.5, 0.6) is 5.75 Å². The van der Waals surface area contributed by atoms with Crippen LogP contribution in [0.4, 0.5) is 10.1 Å². The van der Waals surface area contributed by atoms with Crippen molar-refractivity contribution < 1.29 is 14.3 Å². The molecule has 0 spiro atoms. The smallest absolute Gasteiger partial charge is 0.260 e. The summed E-state index contributed by atoms with van der Waals surface area (Å²) in [5.74, 6) is -1.51. The van der Waals surface area contributed by atoms with Gasteiger partial charge in [-0.2, -0.15) is 5.26 Å². The lowest BCUT2D eigenvalue weighted by Crippen LogP contribution is -2.34. The summed E-state index contributed by atoms with van der Waals surface area (Å²) in [5, 5.41) is 24.9. The monoisotopic (exact) mass is 448 g/mol. The Morgan fingerprint density at radius 1 is 1.16 bits per heavy atom. The number of nitrogens with one attached hydrogen (secondary N) is 2. The summed E-state index contributed by atoms with van der Waals surface area (Å²) in [6.45, 7) is 0. The number of anilines is 1. The largest absolute Gasteiger partial charge is 0.507 e. The number of rotatable bonds is 3. The zero-order valence-electron chi connectivity index (χ0n) is 15.7. The fourth-order valence-electron chi connectivity index (χ4n) is 2.87. The van der Waals surface area contributed by atoms with E-state index in [2.05, 4.69) is 15.6 Å². The van der Waals surface area contributed by atoms with E-state index in [-0.39, 0.29) is 22.0 Å². The molecule has 9 heteroatoms. The molecule has 0 bridgehead atoms. The molecule has 0 aliphatic rings. The predicted octanol–water partition coefficient (Wildman–Crippen LogP) is 4.81. The minimum Gasteiger partial charge on any atom is -0.507 e. The van der Waals surface area contributed by atoms with Crippen molar-refractivity contribution in [3.8, 4) is 22.4 Å². The molecule has 0 aliphatic heterocycles. The van der Waals surface area contributed by atoms with Crippen molar-refractivity contribution >= 4 is 50.5 Å². The van der Waals surface area contributed by atoms with Crippen LogP contribution in [-0.2, 0) is 0 Å². The molecule has 3 aromatic carbocycles. The zero-order valence-corrected chi connectivity index (χ0v) is 17.4. The normalized spacial score (nSPS) is 10.5. The number of nitrogens with zero attached hydrogens (tertiary/aromatic N) is 2.